The van der Waals surface area contributed by atoms with Crippen LogP contribution >= 0.6 is 11.3 Å². The molecule has 90 valence electrons. The highest BCUT2D eigenvalue weighted by atomic mass is 32.2. The first-order valence-corrected chi connectivity index (χ1v) is 8.08. The second-order valence-electron chi connectivity index (χ2n) is 4.54. The van der Waals surface area contributed by atoms with Crippen LogP contribution in [0.3, 0.4) is 0 Å². The summed E-state index contributed by atoms with van der Waals surface area (Å²) in [5, 5.41) is 5.02. The van der Waals surface area contributed by atoms with Crippen LogP contribution in [0.25, 0.3) is 0 Å². The number of thiophene rings is 1. The van der Waals surface area contributed by atoms with Crippen molar-refractivity contribution in [3.63, 3.8) is 0 Å². The molecule has 1 aliphatic heterocycles. The maximum Gasteiger partial charge on any atom is 0.155 e. The number of hydrogen-bond donors (Lipinski definition) is 1. The molecule has 0 saturated carbocycles. The quantitative estimate of drug-likeness (QED) is 0.837. The van der Waals surface area contributed by atoms with Gasteiger partial charge < -0.3 is 5.32 Å². The van der Waals surface area contributed by atoms with Gasteiger partial charge in [-0.1, -0.05) is 13.0 Å². The molecule has 3 nitrogen and oxygen atoms in total. The minimum absolute atomic E-state index is 0.0463. The van der Waals surface area contributed by atoms with E-state index in [-0.39, 0.29) is 17.2 Å². The molecule has 0 bridgehead atoms. The van der Waals surface area contributed by atoms with Gasteiger partial charge in [0.05, 0.1) is 17.0 Å². The Morgan fingerprint density at radius 1 is 1.44 bits per heavy atom. The summed E-state index contributed by atoms with van der Waals surface area (Å²) in [6, 6.07) is 3.93. The maximum atomic E-state index is 12.1. The topological polar surface area (TPSA) is 46.2 Å². The van der Waals surface area contributed by atoms with Gasteiger partial charge in [0, 0.05) is 4.88 Å². The van der Waals surface area contributed by atoms with Gasteiger partial charge >= 0.3 is 0 Å². The van der Waals surface area contributed by atoms with E-state index < -0.39 is 9.84 Å². The summed E-state index contributed by atoms with van der Waals surface area (Å²) < 4.78 is 24.2. The van der Waals surface area contributed by atoms with Gasteiger partial charge in [-0.3, -0.25) is 0 Å². The van der Waals surface area contributed by atoms with Crippen LogP contribution in [0.1, 0.15) is 24.8 Å². The van der Waals surface area contributed by atoms with Gasteiger partial charge in [-0.15, -0.1) is 11.3 Å². The molecule has 0 radical (unpaired) electrons. The molecular weight excluding hydrogens is 242 g/mol. The SMILES string of the molecule is CC1CNC(c2cccs2)C(C)S(=O)(=O)C1. The van der Waals surface area contributed by atoms with Crippen molar-refractivity contribution in [2.24, 2.45) is 5.92 Å². The van der Waals surface area contributed by atoms with Crippen molar-refractivity contribution in [3.8, 4) is 0 Å². The molecule has 0 aliphatic carbocycles. The number of nitrogens with one attached hydrogen (secondary N) is 1. The second-order valence-corrected chi connectivity index (χ2v) is 7.92. The summed E-state index contributed by atoms with van der Waals surface area (Å²) in [4.78, 5) is 1.12. The fourth-order valence-electron chi connectivity index (χ4n) is 2.11. The molecule has 0 spiro atoms. The minimum atomic E-state index is -2.98. The molecule has 1 aromatic heterocycles. The lowest BCUT2D eigenvalue weighted by Crippen LogP contribution is -2.32. The van der Waals surface area contributed by atoms with E-state index in [1.807, 2.05) is 31.4 Å². The van der Waals surface area contributed by atoms with Gasteiger partial charge in [-0.2, -0.15) is 0 Å². The van der Waals surface area contributed by atoms with Gasteiger partial charge in [0.2, 0.25) is 0 Å². The second kappa shape index (κ2) is 4.47. The van der Waals surface area contributed by atoms with E-state index in [0.29, 0.717) is 5.75 Å². The van der Waals surface area contributed by atoms with Gasteiger partial charge in [0.15, 0.2) is 9.84 Å². The van der Waals surface area contributed by atoms with E-state index in [0.717, 1.165) is 11.4 Å². The molecule has 3 unspecified atom stereocenters. The van der Waals surface area contributed by atoms with E-state index in [9.17, 15) is 8.42 Å². The van der Waals surface area contributed by atoms with Crippen LogP contribution in [-0.4, -0.2) is 26.0 Å². The number of sulfone groups is 1. The Bertz CT molecular complexity index is 439. The fourth-order valence-corrected chi connectivity index (χ4v) is 4.97. The third kappa shape index (κ3) is 2.31. The Balaban J connectivity index is 2.33. The molecule has 1 saturated heterocycles. The first kappa shape index (κ1) is 12.1. The largest absolute Gasteiger partial charge is 0.308 e. The zero-order valence-electron chi connectivity index (χ0n) is 9.51. The van der Waals surface area contributed by atoms with E-state index in [2.05, 4.69) is 5.32 Å². The van der Waals surface area contributed by atoms with Crippen molar-refractivity contribution in [1.82, 2.24) is 5.32 Å². The standard InChI is InChI=1S/C11H17NO2S2/c1-8-6-12-11(10-4-3-5-15-10)9(2)16(13,14)7-8/h3-5,8-9,11-12H,6-7H2,1-2H3. The Morgan fingerprint density at radius 3 is 2.81 bits per heavy atom. The van der Waals surface area contributed by atoms with Crippen molar-refractivity contribution in [2.75, 3.05) is 12.3 Å². The van der Waals surface area contributed by atoms with E-state index in [1.165, 1.54) is 0 Å². The first-order valence-electron chi connectivity index (χ1n) is 5.49. The lowest BCUT2D eigenvalue weighted by Gasteiger charge is -2.20. The Morgan fingerprint density at radius 2 is 2.19 bits per heavy atom. The zero-order chi connectivity index (χ0) is 11.8. The van der Waals surface area contributed by atoms with Crippen molar-refractivity contribution >= 4 is 21.2 Å². The molecule has 3 atom stereocenters. The van der Waals surface area contributed by atoms with Crippen molar-refractivity contribution in [2.45, 2.75) is 25.1 Å². The molecule has 1 N–H and O–H groups in total. The van der Waals surface area contributed by atoms with Crippen LogP contribution in [0.4, 0.5) is 0 Å². The summed E-state index contributed by atoms with van der Waals surface area (Å²) in [5.41, 5.74) is 0. The van der Waals surface area contributed by atoms with Crippen molar-refractivity contribution in [3.05, 3.63) is 22.4 Å². The molecular formula is C11H17NO2S2. The Labute approximate surface area is 101 Å². The minimum Gasteiger partial charge on any atom is -0.308 e. The third-order valence-corrected chi connectivity index (χ3v) is 6.48. The molecule has 16 heavy (non-hydrogen) atoms. The van der Waals surface area contributed by atoms with E-state index >= 15 is 0 Å². The van der Waals surface area contributed by atoms with Gasteiger partial charge in [0.25, 0.3) is 0 Å². The van der Waals surface area contributed by atoms with Crippen LogP contribution in [0.2, 0.25) is 0 Å². The molecule has 2 rings (SSSR count). The molecule has 0 amide bonds. The molecule has 1 aliphatic rings. The molecule has 0 aromatic carbocycles. The van der Waals surface area contributed by atoms with E-state index in [4.69, 9.17) is 0 Å². The molecule has 2 heterocycles. The predicted molar refractivity (Wildman–Crippen MR) is 67.5 cm³/mol. The first-order chi connectivity index (χ1) is 7.50. The zero-order valence-corrected chi connectivity index (χ0v) is 11.1. The van der Waals surface area contributed by atoms with Crippen LogP contribution < -0.4 is 5.32 Å². The third-order valence-electron chi connectivity index (χ3n) is 3.09. The Kier molecular flexibility index (Phi) is 3.37. The number of rotatable bonds is 1. The molecule has 5 heteroatoms. The normalized spacial score (nSPS) is 34.5. The monoisotopic (exact) mass is 259 g/mol. The van der Waals surface area contributed by atoms with Crippen molar-refractivity contribution < 1.29 is 8.42 Å². The highest BCUT2D eigenvalue weighted by molar-refractivity contribution is 7.92. The summed E-state index contributed by atoms with van der Waals surface area (Å²) in [6.07, 6.45) is 0. The van der Waals surface area contributed by atoms with Gasteiger partial charge in [-0.25, -0.2) is 8.42 Å². The highest BCUT2D eigenvalue weighted by Gasteiger charge is 2.35. The fraction of sp³-hybridized carbons (Fsp3) is 0.636. The average molecular weight is 259 g/mol. The average Bonchev–Trinajstić information content (AvgIpc) is 2.67. The Hall–Kier alpha value is -0.390. The summed E-state index contributed by atoms with van der Waals surface area (Å²) in [7, 11) is -2.98. The van der Waals surface area contributed by atoms with Crippen LogP contribution in [0.15, 0.2) is 17.5 Å². The van der Waals surface area contributed by atoms with Crippen LogP contribution in [-0.2, 0) is 9.84 Å². The maximum absolute atomic E-state index is 12.1. The van der Waals surface area contributed by atoms with Crippen LogP contribution in [0, 0.1) is 5.92 Å². The summed E-state index contributed by atoms with van der Waals surface area (Å²) in [5.74, 6) is 0.487. The molecule has 1 fully saturated rings. The van der Waals surface area contributed by atoms with Gasteiger partial charge in [0.1, 0.15) is 0 Å². The summed E-state index contributed by atoms with van der Waals surface area (Å²) in [6.45, 7) is 4.56. The van der Waals surface area contributed by atoms with E-state index in [1.54, 1.807) is 11.3 Å². The lowest BCUT2D eigenvalue weighted by molar-refractivity contribution is 0.492. The predicted octanol–water partition coefficient (Wildman–Crippen LogP) is 1.83. The smallest absolute Gasteiger partial charge is 0.155 e. The van der Waals surface area contributed by atoms with Crippen LogP contribution in [0.5, 0.6) is 0 Å². The molecule has 1 aromatic rings. The summed E-state index contributed by atoms with van der Waals surface area (Å²) >= 11 is 1.62. The van der Waals surface area contributed by atoms with Gasteiger partial charge in [-0.05, 0) is 30.8 Å². The van der Waals surface area contributed by atoms with Crippen molar-refractivity contribution in [1.29, 1.82) is 0 Å². The lowest BCUT2D eigenvalue weighted by atomic mass is 10.1. The highest BCUT2D eigenvalue weighted by Crippen LogP contribution is 2.29. The number of hydrogen-bond acceptors (Lipinski definition) is 4.